The number of halogens is 2. The zero-order valence-electron chi connectivity index (χ0n) is 19.5. The van der Waals surface area contributed by atoms with Gasteiger partial charge in [0, 0.05) is 49.5 Å². The minimum atomic E-state index is -0.730. The van der Waals surface area contributed by atoms with Crippen LogP contribution in [0.25, 0.3) is 11.0 Å². The predicted octanol–water partition coefficient (Wildman–Crippen LogP) is 4.20. The molecule has 1 aliphatic heterocycles. The van der Waals surface area contributed by atoms with E-state index in [1.54, 1.807) is 53.3 Å². The molecule has 1 fully saturated rings. The van der Waals surface area contributed by atoms with Crippen molar-refractivity contribution in [2.45, 2.75) is 13.5 Å². The average Bonchev–Trinajstić information content (AvgIpc) is 3.43. The fourth-order valence-corrected chi connectivity index (χ4v) is 5.15. The molecule has 4 aromatic rings. The van der Waals surface area contributed by atoms with Gasteiger partial charge in [-0.3, -0.25) is 4.79 Å². The van der Waals surface area contributed by atoms with Crippen LogP contribution in [0.15, 0.2) is 52.9 Å². The Morgan fingerprint density at radius 1 is 1.17 bits per heavy atom. The average molecular weight is 528 g/mol. The van der Waals surface area contributed by atoms with E-state index in [0.717, 1.165) is 31.3 Å². The topological polar surface area (TPSA) is 80.6 Å². The van der Waals surface area contributed by atoms with E-state index in [4.69, 9.17) is 21.3 Å². The van der Waals surface area contributed by atoms with Gasteiger partial charge in [0.15, 0.2) is 5.13 Å². The first-order valence-corrected chi connectivity index (χ1v) is 12.8. The van der Waals surface area contributed by atoms with Crippen LogP contribution in [0, 0.1) is 5.82 Å². The molecule has 1 saturated heterocycles. The van der Waals surface area contributed by atoms with E-state index >= 15 is 0 Å². The Morgan fingerprint density at radius 3 is 2.67 bits per heavy atom. The molecule has 8 nitrogen and oxygen atoms in total. The molecule has 0 saturated carbocycles. The standard InChI is InChI=1S/C25H23ClFN5O3S/c1-2-35-24(34)18-15-32(14-16-4-3-5-19(26)21(16)27)23-17(22(18)33)6-7-20(29-23)30-9-11-31(12-10-30)25-28-8-13-36-25/h3-8,13,15H,2,9-12,14H2,1H3. The number of carbonyl (C=O) groups excluding carboxylic acids is 1. The summed E-state index contributed by atoms with van der Waals surface area (Å²) < 4.78 is 21.4. The van der Waals surface area contributed by atoms with Gasteiger partial charge >= 0.3 is 5.97 Å². The molecule has 0 radical (unpaired) electrons. The van der Waals surface area contributed by atoms with Crippen molar-refractivity contribution in [2.24, 2.45) is 0 Å². The van der Waals surface area contributed by atoms with Gasteiger partial charge in [0.2, 0.25) is 5.43 Å². The Morgan fingerprint density at radius 2 is 1.94 bits per heavy atom. The molecule has 36 heavy (non-hydrogen) atoms. The Labute approximate surface area is 215 Å². The van der Waals surface area contributed by atoms with E-state index in [9.17, 15) is 14.0 Å². The molecule has 0 atom stereocenters. The number of fused-ring (bicyclic) bond motifs is 1. The summed E-state index contributed by atoms with van der Waals surface area (Å²) in [6, 6.07) is 8.17. The van der Waals surface area contributed by atoms with E-state index in [-0.39, 0.29) is 29.1 Å². The largest absolute Gasteiger partial charge is 0.462 e. The van der Waals surface area contributed by atoms with Gasteiger partial charge in [0.1, 0.15) is 22.8 Å². The molecule has 0 aliphatic carbocycles. The lowest BCUT2D eigenvalue weighted by atomic mass is 10.1. The number of thiazole rings is 1. The minimum Gasteiger partial charge on any atom is -0.462 e. The van der Waals surface area contributed by atoms with E-state index in [1.807, 2.05) is 5.38 Å². The van der Waals surface area contributed by atoms with Crippen molar-refractivity contribution in [3.63, 3.8) is 0 Å². The highest BCUT2D eigenvalue weighted by atomic mass is 35.5. The molecule has 0 amide bonds. The van der Waals surface area contributed by atoms with Gasteiger partial charge < -0.3 is 19.1 Å². The van der Waals surface area contributed by atoms with E-state index in [0.29, 0.717) is 17.0 Å². The van der Waals surface area contributed by atoms with Crippen molar-refractivity contribution in [1.82, 2.24) is 14.5 Å². The number of anilines is 2. The number of esters is 1. The van der Waals surface area contributed by atoms with Crippen LogP contribution in [0.2, 0.25) is 5.02 Å². The summed E-state index contributed by atoms with van der Waals surface area (Å²) in [5.74, 6) is -0.588. The number of aromatic nitrogens is 3. The zero-order chi connectivity index (χ0) is 25.2. The number of hydrogen-bond acceptors (Lipinski definition) is 8. The van der Waals surface area contributed by atoms with Crippen LogP contribution in [-0.4, -0.2) is 53.3 Å². The third-order valence-electron chi connectivity index (χ3n) is 6.07. The number of ether oxygens (including phenoxy) is 1. The highest BCUT2D eigenvalue weighted by Gasteiger charge is 2.22. The lowest BCUT2D eigenvalue weighted by Gasteiger charge is -2.35. The highest BCUT2D eigenvalue weighted by molar-refractivity contribution is 7.13. The van der Waals surface area contributed by atoms with Crippen molar-refractivity contribution < 1.29 is 13.9 Å². The van der Waals surface area contributed by atoms with Crippen LogP contribution < -0.4 is 15.2 Å². The molecule has 5 rings (SSSR count). The molecule has 186 valence electrons. The minimum absolute atomic E-state index is 0.00443. The summed E-state index contributed by atoms with van der Waals surface area (Å²) in [6.45, 7) is 4.86. The van der Waals surface area contributed by atoms with Crippen LogP contribution in [0.1, 0.15) is 22.8 Å². The van der Waals surface area contributed by atoms with Gasteiger partial charge in [-0.25, -0.2) is 19.2 Å². The molecule has 0 unspecified atom stereocenters. The van der Waals surface area contributed by atoms with Gasteiger partial charge in [0.25, 0.3) is 0 Å². The van der Waals surface area contributed by atoms with Crippen LogP contribution in [0.5, 0.6) is 0 Å². The molecule has 0 bridgehead atoms. The van der Waals surface area contributed by atoms with Crippen LogP contribution >= 0.6 is 22.9 Å². The summed E-state index contributed by atoms with van der Waals surface area (Å²) in [5, 5.41) is 3.20. The smallest absolute Gasteiger partial charge is 0.343 e. The molecule has 0 N–H and O–H groups in total. The first kappa shape index (κ1) is 24.2. The number of hydrogen-bond donors (Lipinski definition) is 0. The summed E-state index contributed by atoms with van der Waals surface area (Å²) in [5.41, 5.74) is 0.0658. The van der Waals surface area contributed by atoms with Crippen molar-refractivity contribution in [3.8, 4) is 0 Å². The summed E-state index contributed by atoms with van der Waals surface area (Å²) >= 11 is 7.59. The first-order valence-electron chi connectivity index (χ1n) is 11.5. The van der Waals surface area contributed by atoms with E-state index in [1.165, 1.54) is 12.3 Å². The zero-order valence-corrected chi connectivity index (χ0v) is 21.1. The summed E-state index contributed by atoms with van der Waals surface area (Å²) in [4.78, 5) is 39.2. The number of piperazine rings is 1. The SMILES string of the molecule is CCOC(=O)c1cn(Cc2cccc(Cl)c2F)c2nc(N3CCN(c4nccs4)CC3)ccc2c1=O. The molecule has 1 aromatic carbocycles. The van der Waals surface area contributed by atoms with Crippen molar-refractivity contribution in [1.29, 1.82) is 0 Å². The Hall–Kier alpha value is -3.50. The first-order chi connectivity index (χ1) is 17.5. The molecule has 0 spiro atoms. The third kappa shape index (κ3) is 4.66. The monoisotopic (exact) mass is 527 g/mol. The second-order valence-electron chi connectivity index (χ2n) is 8.26. The highest BCUT2D eigenvalue weighted by Crippen LogP contribution is 2.24. The number of nitrogens with zero attached hydrogens (tertiary/aromatic N) is 5. The Kier molecular flexibility index (Phi) is 6.88. The predicted molar refractivity (Wildman–Crippen MR) is 139 cm³/mol. The lowest BCUT2D eigenvalue weighted by molar-refractivity contribution is 0.0524. The normalized spacial score (nSPS) is 13.9. The summed E-state index contributed by atoms with van der Waals surface area (Å²) in [7, 11) is 0. The lowest BCUT2D eigenvalue weighted by Crippen LogP contribution is -2.46. The number of pyridine rings is 2. The van der Waals surface area contributed by atoms with E-state index in [2.05, 4.69) is 14.8 Å². The maximum Gasteiger partial charge on any atom is 0.343 e. The van der Waals surface area contributed by atoms with Gasteiger partial charge in [-0.05, 0) is 25.1 Å². The third-order valence-corrected chi connectivity index (χ3v) is 7.19. The maximum atomic E-state index is 14.7. The Balaban J connectivity index is 1.54. The number of benzene rings is 1. The second kappa shape index (κ2) is 10.2. The van der Waals surface area contributed by atoms with Crippen LogP contribution in [-0.2, 0) is 11.3 Å². The fourth-order valence-electron chi connectivity index (χ4n) is 4.26. The molecule has 11 heteroatoms. The number of carbonyl (C=O) groups is 1. The van der Waals surface area contributed by atoms with Crippen LogP contribution in [0.3, 0.4) is 0 Å². The molecule has 4 heterocycles. The Bertz CT molecular complexity index is 1470. The van der Waals surface area contributed by atoms with Crippen molar-refractivity contribution in [2.75, 3.05) is 42.6 Å². The summed E-state index contributed by atoms with van der Waals surface area (Å²) in [6.07, 6.45) is 3.18. The maximum absolute atomic E-state index is 14.7. The number of rotatable bonds is 6. The molecular weight excluding hydrogens is 505 g/mol. The second-order valence-corrected chi connectivity index (χ2v) is 9.54. The van der Waals surface area contributed by atoms with Gasteiger partial charge in [0.05, 0.1) is 23.6 Å². The molecular formula is C25H23ClFN5O3S. The molecule has 3 aromatic heterocycles. The van der Waals surface area contributed by atoms with Crippen molar-refractivity contribution in [3.05, 3.63) is 80.3 Å². The van der Waals surface area contributed by atoms with Gasteiger partial charge in [-0.15, -0.1) is 11.3 Å². The molecule has 1 aliphatic rings. The van der Waals surface area contributed by atoms with Crippen LogP contribution in [0.4, 0.5) is 15.3 Å². The van der Waals surface area contributed by atoms with Crippen molar-refractivity contribution >= 4 is 50.9 Å². The van der Waals surface area contributed by atoms with Gasteiger partial charge in [-0.1, -0.05) is 23.7 Å². The van der Waals surface area contributed by atoms with Gasteiger partial charge in [-0.2, -0.15) is 0 Å². The van der Waals surface area contributed by atoms with E-state index < -0.39 is 17.2 Å². The quantitative estimate of drug-likeness (QED) is 0.348. The fraction of sp³-hybridized carbons (Fsp3) is 0.280.